The molecule has 0 fully saturated rings. The van der Waals surface area contributed by atoms with E-state index in [9.17, 15) is 0 Å². The fourth-order valence-corrected chi connectivity index (χ4v) is 1.34. The van der Waals surface area contributed by atoms with E-state index in [1.165, 1.54) is 0 Å². The van der Waals surface area contributed by atoms with E-state index in [2.05, 4.69) is 16.3 Å². The highest BCUT2D eigenvalue weighted by molar-refractivity contribution is 7.36. The summed E-state index contributed by atoms with van der Waals surface area (Å²) >= 11 is 0. The van der Waals surface area contributed by atoms with Crippen LogP contribution < -0.4 is 0 Å². The Morgan fingerprint density at radius 1 is 1.50 bits per heavy atom. The Hall–Kier alpha value is -0.220. The van der Waals surface area contributed by atoms with Gasteiger partial charge in [-0.2, -0.15) is 0 Å². The molecule has 0 rings (SSSR count). The summed E-state index contributed by atoms with van der Waals surface area (Å²) < 4.78 is 9.18. The molecule has 0 N–H and O–H groups in total. The molecule has 0 aliphatic heterocycles. The number of allylic oxidation sites excluding steroid dienone is 1. The fourth-order valence-electron chi connectivity index (χ4n) is 0.702. The highest BCUT2D eigenvalue weighted by Gasteiger charge is 2.22. The quantitative estimate of drug-likeness (QED) is 0.277. The average molecular weight is 178 g/mol. The molecule has 0 amide bonds. The predicted molar refractivity (Wildman–Crippen MR) is 53.0 cm³/mol. The molecule has 0 heterocycles. The molecule has 2 unspecified atom stereocenters. The van der Waals surface area contributed by atoms with E-state index in [1.807, 2.05) is 6.92 Å². The van der Waals surface area contributed by atoms with Gasteiger partial charge in [-0.15, -0.1) is 5.92 Å². The summed E-state index contributed by atoms with van der Waals surface area (Å²) in [6, 6.07) is 0. The molecule has 0 saturated carbocycles. The first kappa shape index (κ1) is 11.8. The van der Waals surface area contributed by atoms with Crippen LogP contribution in [0.3, 0.4) is 0 Å². The largest absolute Gasteiger partial charge is 0.427 e. The van der Waals surface area contributed by atoms with Crippen molar-refractivity contribution in [3.05, 3.63) is 12.2 Å². The van der Waals surface area contributed by atoms with Crippen LogP contribution in [-0.4, -0.2) is 21.4 Å². The zero-order valence-corrected chi connectivity index (χ0v) is 8.13. The van der Waals surface area contributed by atoms with Crippen molar-refractivity contribution in [3.8, 4) is 11.8 Å². The van der Waals surface area contributed by atoms with Gasteiger partial charge in [0.2, 0.25) is 0 Å². The van der Waals surface area contributed by atoms with Crippen molar-refractivity contribution >= 4 is 24.9 Å². The first-order valence-corrected chi connectivity index (χ1v) is 4.24. The topological polar surface area (TPSA) is 18.5 Å². The van der Waals surface area contributed by atoms with Gasteiger partial charge in [-0.3, -0.25) is 0 Å². The lowest BCUT2D eigenvalue weighted by Crippen LogP contribution is -2.21. The van der Waals surface area contributed by atoms with Crippen LogP contribution in [0.2, 0.25) is 0 Å². The normalized spacial score (nSPS) is 16.2. The molecule has 5 heteroatoms. The zero-order chi connectivity index (χ0) is 9.45. The Labute approximate surface area is 77.8 Å². The van der Waals surface area contributed by atoms with Crippen LogP contribution >= 0.6 is 8.81 Å². The zero-order valence-electron chi connectivity index (χ0n) is 7.13. The van der Waals surface area contributed by atoms with Crippen molar-refractivity contribution in [2.24, 2.45) is 0 Å². The van der Waals surface area contributed by atoms with E-state index < -0.39 is 5.34 Å². The van der Waals surface area contributed by atoms with Gasteiger partial charge < -0.3 is 9.10 Å². The summed E-state index contributed by atoms with van der Waals surface area (Å²) in [4.78, 5) is 0. The third-order valence-electron chi connectivity index (χ3n) is 1.11. The molecule has 12 heavy (non-hydrogen) atoms. The minimum Gasteiger partial charge on any atom is -0.427 e. The van der Waals surface area contributed by atoms with Gasteiger partial charge in [0.05, 0.1) is 0 Å². The molecule has 0 aromatic heterocycles. The Balaban J connectivity index is 4.58. The lowest BCUT2D eigenvalue weighted by Gasteiger charge is -2.22. The molecule has 0 aliphatic carbocycles. The fraction of sp³-hybridized carbons (Fsp3) is 0.429. The summed E-state index contributed by atoms with van der Waals surface area (Å²) in [6.07, 6.45) is 3.48. The molecule has 0 saturated heterocycles. The summed E-state index contributed by atoms with van der Waals surface area (Å²) in [5.41, 5.74) is 0. The van der Waals surface area contributed by atoms with Gasteiger partial charge in [0.1, 0.15) is 0 Å². The predicted octanol–water partition coefficient (Wildman–Crippen LogP) is 1.08. The van der Waals surface area contributed by atoms with Gasteiger partial charge in [0.15, 0.2) is 5.34 Å². The molecule has 2 nitrogen and oxygen atoms in total. The van der Waals surface area contributed by atoms with Crippen LogP contribution in [0.25, 0.3) is 0 Å². The van der Waals surface area contributed by atoms with Gasteiger partial charge in [-0.05, 0) is 19.9 Å². The van der Waals surface area contributed by atoms with Crippen LogP contribution in [0.15, 0.2) is 12.2 Å². The molecule has 0 aromatic carbocycles. The van der Waals surface area contributed by atoms with Crippen LogP contribution in [0.4, 0.5) is 0 Å². The molecule has 0 bridgehead atoms. The second kappa shape index (κ2) is 6.31. The Morgan fingerprint density at radius 3 is 2.50 bits per heavy atom. The van der Waals surface area contributed by atoms with Gasteiger partial charge in [-0.1, -0.05) is 12.0 Å². The molecule has 2 atom stereocenters. The summed E-state index contributed by atoms with van der Waals surface area (Å²) in [6.45, 7) is 3.53. The molecular weight excluding hydrogens is 169 g/mol. The first-order valence-electron chi connectivity index (χ1n) is 3.33. The first-order chi connectivity index (χ1) is 5.74. The monoisotopic (exact) mass is 178 g/mol. The third-order valence-corrected chi connectivity index (χ3v) is 1.94. The molecular formula is C7H9B2O2P. The van der Waals surface area contributed by atoms with Crippen molar-refractivity contribution in [1.82, 2.24) is 0 Å². The van der Waals surface area contributed by atoms with Crippen molar-refractivity contribution in [2.75, 3.05) is 0 Å². The van der Waals surface area contributed by atoms with Crippen molar-refractivity contribution in [3.63, 3.8) is 0 Å². The van der Waals surface area contributed by atoms with E-state index in [0.717, 1.165) is 0 Å². The maximum Gasteiger partial charge on any atom is 0.288 e. The van der Waals surface area contributed by atoms with Crippen molar-refractivity contribution in [1.29, 1.82) is 0 Å². The van der Waals surface area contributed by atoms with Crippen molar-refractivity contribution < 1.29 is 9.10 Å². The van der Waals surface area contributed by atoms with Gasteiger partial charge in [0, 0.05) is 8.81 Å². The average Bonchev–Trinajstić information content (AvgIpc) is 2.06. The maximum absolute atomic E-state index is 5.08. The molecule has 0 spiro atoms. The van der Waals surface area contributed by atoms with Crippen LogP contribution in [0.1, 0.15) is 13.8 Å². The van der Waals surface area contributed by atoms with E-state index in [0.29, 0.717) is 0 Å². The number of hydrogen-bond acceptors (Lipinski definition) is 2. The standard InChI is InChI=1S/C7H9B2O2P/c1-3-5-7(10-8,6-4-2)12-11-9/h3,5,12H,1-2H3. The second-order valence-corrected chi connectivity index (χ2v) is 3.13. The van der Waals surface area contributed by atoms with Crippen LogP contribution in [0, 0.1) is 11.8 Å². The molecule has 0 aromatic rings. The highest BCUT2D eigenvalue weighted by Crippen LogP contribution is 2.33. The number of hydrogen-bond donors (Lipinski definition) is 0. The maximum atomic E-state index is 5.08. The van der Waals surface area contributed by atoms with E-state index in [-0.39, 0.29) is 8.81 Å². The van der Waals surface area contributed by atoms with E-state index in [1.54, 1.807) is 19.1 Å². The summed E-state index contributed by atoms with van der Waals surface area (Å²) in [5.74, 6) is 5.47. The van der Waals surface area contributed by atoms with E-state index in [4.69, 9.17) is 20.8 Å². The lowest BCUT2D eigenvalue weighted by atomic mass is 10.3. The van der Waals surface area contributed by atoms with E-state index >= 15 is 0 Å². The van der Waals surface area contributed by atoms with Gasteiger partial charge in [-0.25, -0.2) is 0 Å². The van der Waals surface area contributed by atoms with Crippen LogP contribution in [-0.2, 0) is 9.10 Å². The lowest BCUT2D eigenvalue weighted by molar-refractivity contribution is 0.289. The molecule has 60 valence electrons. The minimum atomic E-state index is -0.891. The Morgan fingerprint density at radius 2 is 2.17 bits per heavy atom. The highest BCUT2D eigenvalue weighted by atomic mass is 31.1. The second-order valence-electron chi connectivity index (χ2n) is 1.95. The molecule has 0 aliphatic rings. The van der Waals surface area contributed by atoms with Crippen LogP contribution in [0.5, 0.6) is 0 Å². The Kier molecular flexibility index (Phi) is 6.20. The Bertz CT molecular complexity index is 209. The van der Waals surface area contributed by atoms with Gasteiger partial charge >= 0.3 is 0 Å². The number of rotatable bonds is 4. The summed E-state index contributed by atoms with van der Waals surface area (Å²) in [7, 11) is 9.87. The summed E-state index contributed by atoms with van der Waals surface area (Å²) in [5, 5.41) is -0.891. The smallest absolute Gasteiger partial charge is 0.288 e. The van der Waals surface area contributed by atoms with Crippen molar-refractivity contribution in [2.45, 2.75) is 19.2 Å². The molecule has 4 radical (unpaired) electrons. The third kappa shape index (κ3) is 3.45. The SMILES string of the molecule is [B]OPC(C#CC)(C=CC)O[B]. The van der Waals surface area contributed by atoms with Gasteiger partial charge in [0.25, 0.3) is 16.1 Å². The minimum absolute atomic E-state index is 0.140.